The van der Waals surface area contributed by atoms with E-state index < -0.39 is 0 Å². The Morgan fingerprint density at radius 2 is 2.18 bits per heavy atom. The zero-order valence-electron chi connectivity index (χ0n) is 11.5. The van der Waals surface area contributed by atoms with Crippen LogP contribution < -0.4 is 5.32 Å². The van der Waals surface area contributed by atoms with E-state index in [-0.39, 0.29) is 5.91 Å². The highest BCUT2D eigenvalue weighted by molar-refractivity contribution is 5.75. The minimum Gasteiger partial charge on any atom is -0.349 e. The van der Waals surface area contributed by atoms with E-state index >= 15 is 0 Å². The number of carbonyl (C=O) groups is 1. The summed E-state index contributed by atoms with van der Waals surface area (Å²) in [6.45, 7) is 6.61. The molecule has 100 valence electrons. The van der Waals surface area contributed by atoms with Gasteiger partial charge in [0, 0.05) is 33.1 Å². The highest BCUT2D eigenvalue weighted by Gasteiger charge is 2.16. The maximum Gasteiger partial charge on any atom is 0.222 e. The molecule has 0 aromatic heterocycles. The zero-order chi connectivity index (χ0) is 12.7. The van der Waals surface area contributed by atoms with Crippen molar-refractivity contribution in [1.82, 2.24) is 15.1 Å². The summed E-state index contributed by atoms with van der Waals surface area (Å²) in [6.07, 6.45) is 4.24. The maximum atomic E-state index is 11.5. The lowest BCUT2D eigenvalue weighted by molar-refractivity contribution is -0.128. The molecule has 0 aromatic carbocycles. The van der Waals surface area contributed by atoms with Crippen LogP contribution in [-0.4, -0.2) is 62.0 Å². The second-order valence-electron chi connectivity index (χ2n) is 5.08. The first-order chi connectivity index (χ1) is 8.13. The van der Waals surface area contributed by atoms with Crippen molar-refractivity contribution in [3.63, 3.8) is 0 Å². The van der Waals surface area contributed by atoms with Crippen LogP contribution in [0.15, 0.2) is 0 Å². The van der Waals surface area contributed by atoms with Crippen LogP contribution in [0.1, 0.15) is 32.6 Å². The minimum absolute atomic E-state index is 0.236. The lowest BCUT2D eigenvalue weighted by Crippen LogP contribution is -2.38. The molecule has 4 nitrogen and oxygen atoms in total. The lowest BCUT2D eigenvalue weighted by Gasteiger charge is -2.24. The summed E-state index contributed by atoms with van der Waals surface area (Å²) in [5.41, 5.74) is 0. The summed E-state index contributed by atoms with van der Waals surface area (Å²) in [7, 11) is 3.64. The third-order valence-corrected chi connectivity index (χ3v) is 3.45. The van der Waals surface area contributed by atoms with Gasteiger partial charge in [0.15, 0.2) is 0 Å². The van der Waals surface area contributed by atoms with Crippen molar-refractivity contribution in [1.29, 1.82) is 0 Å². The Morgan fingerprint density at radius 1 is 1.41 bits per heavy atom. The van der Waals surface area contributed by atoms with Gasteiger partial charge in [0.2, 0.25) is 5.91 Å². The molecule has 1 saturated heterocycles. The lowest BCUT2D eigenvalue weighted by atomic mass is 10.2. The van der Waals surface area contributed by atoms with E-state index in [1.54, 1.807) is 4.90 Å². The molecule has 1 N–H and O–H groups in total. The molecule has 0 radical (unpaired) electrons. The van der Waals surface area contributed by atoms with E-state index in [9.17, 15) is 4.79 Å². The van der Waals surface area contributed by atoms with Crippen LogP contribution in [0.2, 0.25) is 0 Å². The minimum atomic E-state index is 0.236. The standard InChI is InChI=1S/C13H27N3O/c1-4-16(11-12-7-5-9-14-12)10-6-8-13(17)15(2)3/h12,14H,4-11H2,1-3H3. The number of amides is 1. The molecule has 0 spiro atoms. The van der Waals surface area contributed by atoms with Crippen LogP contribution in [0.3, 0.4) is 0 Å². The van der Waals surface area contributed by atoms with Crippen molar-refractivity contribution < 1.29 is 4.79 Å². The molecule has 1 fully saturated rings. The highest BCUT2D eigenvalue weighted by atomic mass is 16.2. The molecule has 17 heavy (non-hydrogen) atoms. The smallest absolute Gasteiger partial charge is 0.222 e. The molecule has 1 aliphatic rings. The van der Waals surface area contributed by atoms with Gasteiger partial charge < -0.3 is 15.1 Å². The maximum absolute atomic E-state index is 11.5. The fraction of sp³-hybridized carbons (Fsp3) is 0.923. The van der Waals surface area contributed by atoms with E-state index in [1.165, 1.54) is 19.4 Å². The fourth-order valence-corrected chi connectivity index (χ4v) is 2.28. The first kappa shape index (κ1) is 14.5. The number of hydrogen-bond acceptors (Lipinski definition) is 3. The normalized spacial score (nSPS) is 19.9. The molecule has 1 aliphatic heterocycles. The molecule has 0 aromatic rings. The third-order valence-electron chi connectivity index (χ3n) is 3.45. The van der Waals surface area contributed by atoms with Crippen molar-refractivity contribution in [3.8, 4) is 0 Å². The average Bonchev–Trinajstić information content (AvgIpc) is 2.80. The second kappa shape index (κ2) is 7.67. The predicted octanol–water partition coefficient (Wildman–Crippen LogP) is 0.929. The number of hydrogen-bond donors (Lipinski definition) is 1. The number of carbonyl (C=O) groups excluding carboxylic acids is 1. The SMILES string of the molecule is CCN(CCCC(=O)N(C)C)CC1CCCN1. The number of nitrogens with zero attached hydrogens (tertiary/aromatic N) is 2. The fourth-order valence-electron chi connectivity index (χ4n) is 2.28. The van der Waals surface area contributed by atoms with Crippen LogP contribution in [0, 0.1) is 0 Å². The number of likely N-dealkylation sites (N-methyl/N-ethyl adjacent to an activating group) is 1. The number of nitrogens with one attached hydrogen (secondary N) is 1. The molecule has 1 unspecified atom stereocenters. The van der Waals surface area contributed by atoms with Gasteiger partial charge in [0.1, 0.15) is 0 Å². The summed E-state index contributed by atoms with van der Waals surface area (Å²) in [4.78, 5) is 15.6. The van der Waals surface area contributed by atoms with E-state index in [2.05, 4.69) is 17.1 Å². The van der Waals surface area contributed by atoms with Gasteiger partial charge in [0.05, 0.1) is 0 Å². The Kier molecular flexibility index (Phi) is 6.52. The van der Waals surface area contributed by atoms with Crippen molar-refractivity contribution in [2.24, 2.45) is 0 Å². The monoisotopic (exact) mass is 241 g/mol. The second-order valence-corrected chi connectivity index (χ2v) is 5.08. The largest absolute Gasteiger partial charge is 0.349 e. The Balaban J connectivity index is 2.15. The summed E-state index contributed by atoms with van der Waals surface area (Å²) in [6, 6.07) is 0.666. The van der Waals surface area contributed by atoms with Gasteiger partial charge in [-0.05, 0) is 38.9 Å². The third kappa shape index (κ3) is 5.50. The molecule has 1 heterocycles. The van der Waals surface area contributed by atoms with Crippen molar-refractivity contribution in [3.05, 3.63) is 0 Å². The molecule has 1 amide bonds. The summed E-state index contributed by atoms with van der Waals surface area (Å²) >= 11 is 0. The van der Waals surface area contributed by atoms with E-state index in [0.29, 0.717) is 12.5 Å². The molecule has 0 saturated carbocycles. The van der Waals surface area contributed by atoms with E-state index in [0.717, 1.165) is 26.1 Å². The summed E-state index contributed by atoms with van der Waals surface area (Å²) < 4.78 is 0. The molecule has 1 atom stereocenters. The highest BCUT2D eigenvalue weighted by Crippen LogP contribution is 2.07. The molecule has 0 aliphatic carbocycles. The van der Waals surface area contributed by atoms with Gasteiger partial charge in [-0.1, -0.05) is 6.92 Å². The molecule has 0 bridgehead atoms. The Labute approximate surface area is 105 Å². The molecule has 1 rings (SSSR count). The van der Waals surface area contributed by atoms with Crippen molar-refractivity contribution >= 4 is 5.91 Å². The van der Waals surface area contributed by atoms with Gasteiger partial charge in [-0.2, -0.15) is 0 Å². The molecular formula is C13H27N3O. The molecule has 4 heteroatoms. The first-order valence-corrected chi connectivity index (χ1v) is 6.79. The topological polar surface area (TPSA) is 35.6 Å². The van der Waals surface area contributed by atoms with Crippen molar-refractivity contribution in [2.45, 2.75) is 38.6 Å². The van der Waals surface area contributed by atoms with Gasteiger partial charge in [-0.3, -0.25) is 4.79 Å². The first-order valence-electron chi connectivity index (χ1n) is 6.79. The molecular weight excluding hydrogens is 214 g/mol. The average molecular weight is 241 g/mol. The predicted molar refractivity (Wildman–Crippen MR) is 71.1 cm³/mol. The van der Waals surface area contributed by atoms with E-state index in [4.69, 9.17) is 0 Å². The zero-order valence-corrected chi connectivity index (χ0v) is 11.5. The van der Waals surface area contributed by atoms with Gasteiger partial charge in [-0.15, -0.1) is 0 Å². The van der Waals surface area contributed by atoms with Crippen LogP contribution in [-0.2, 0) is 4.79 Å². The Morgan fingerprint density at radius 3 is 2.71 bits per heavy atom. The summed E-state index contributed by atoms with van der Waals surface area (Å²) in [5.74, 6) is 0.236. The Bertz CT molecular complexity index is 225. The van der Waals surface area contributed by atoms with Crippen molar-refractivity contribution in [2.75, 3.05) is 40.3 Å². The van der Waals surface area contributed by atoms with Gasteiger partial charge >= 0.3 is 0 Å². The van der Waals surface area contributed by atoms with Crippen LogP contribution in [0.5, 0.6) is 0 Å². The van der Waals surface area contributed by atoms with Crippen LogP contribution in [0.4, 0.5) is 0 Å². The van der Waals surface area contributed by atoms with E-state index in [1.807, 2.05) is 14.1 Å². The van der Waals surface area contributed by atoms with Gasteiger partial charge in [-0.25, -0.2) is 0 Å². The Hall–Kier alpha value is -0.610. The summed E-state index contributed by atoms with van der Waals surface area (Å²) in [5, 5.41) is 3.52. The van der Waals surface area contributed by atoms with Crippen LogP contribution in [0.25, 0.3) is 0 Å². The van der Waals surface area contributed by atoms with Crippen LogP contribution >= 0.6 is 0 Å². The van der Waals surface area contributed by atoms with Gasteiger partial charge in [0.25, 0.3) is 0 Å². The quantitative estimate of drug-likeness (QED) is 0.720. The number of rotatable bonds is 7.